The van der Waals surface area contributed by atoms with Crippen LogP contribution in [0.1, 0.15) is 43.4 Å². The lowest BCUT2D eigenvalue weighted by atomic mass is 9.78. The van der Waals surface area contributed by atoms with Gasteiger partial charge in [0.2, 0.25) is 0 Å². The van der Waals surface area contributed by atoms with Crippen LogP contribution in [0.25, 0.3) is 10.2 Å². The molecule has 1 aliphatic heterocycles. The molecular formula is C16H21N3S. The number of aromatic nitrogens is 2. The molecule has 0 bridgehead atoms. The fourth-order valence-corrected chi connectivity index (χ4v) is 4.92. The van der Waals surface area contributed by atoms with E-state index in [1.54, 1.807) is 17.7 Å². The molecule has 20 heavy (non-hydrogen) atoms. The molecule has 1 aliphatic carbocycles. The fraction of sp³-hybridized carbons (Fsp3) is 0.625. The molecule has 1 saturated carbocycles. The van der Waals surface area contributed by atoms with Crippen molar-refractivity contribution in [3.63, 3.8) is 0 Å². The van der Waals surface area contributed by atoms with E-state index in [0.717, 1.165) is 16.8 Å². The van der Waals surface area contributed by atoms with E-state index in [4.69, 9.17) is 0 Å². The van der Waals surface area contributed by atoms with Gasteiger partial charge in [-0.05, 0) is 44.6 Å². The van der Waals surface area contributed by atoms with Gasteiger partial charge in [0.05, 0.1) is 5.39 Å². The minimum Gasteiger partial charge on any atom is -0.353 e. The summed E-state index contributed by atoms with van der Waals surface area (Å²) in [5, 5.41) is 1.27. The first-order valence-corrected chi connectivity index (χ1v) is 8.62. The zero-order valence-electron chi connectivity index (χ0n) is 12.0. The van der Waals surface area contributed by atoms with Crippen molar-refractivity contribution in [3.8, 4) is 0 Å². The standard InChI is InChI=1S/C16H21N3S/c1-11-9-13-15(17-10-18-16(13)20-11)19-8-4-6-12-5-2-3-7-14(12)19/h9-10,12,14H,2-8H2,1H3. The van der Waals surface area contributed by atoms with Gasteiger partial charge in [-0.25, -0.2) is 9.97 Å². The summed E-state index contributed by atoms with van der Waals surface area (Å²) >= 11 is 1.78. The second kappa shape index (κ2) is 4.99. The number of nitrogens with zero attached hydrogens (tertiary/aromatic N) is 3. The molecule has 0 amide bonds. The van der Waals surface area contributed by atoms with Gasteiger partial charge in [0.1, 0.15) is 17.0 Å². The lowest BCUT2D eigenvalue weighted by Crippen LogP contribution is -2.47. The van der Waals surface area contributed by atoms with Gasteiger partial charge in [-0.1, -0.05) is 12.8 Å². The van der Waals surface area contributed by atoms with Gasteiger partial charge >= 0.3 is 0 Å². The first-order valence-electron chi connectivity index (χ1n) is 7.81. The van der Waals surface area contributed by atoms with Crippen LogP contribution < -0.4 is 4.90 Å². The summed E-state index contributed by atoms with van der Waals surface area (Å²) in [6.07, 6.45) is 10.0. The van der Waals surface area contributed by atoms with Crippen molar-refractivity contribution in [2.24, 2.45) is 5.92 Å². The zero-order valence-corrected chi connectivity index (χ0v) is 12.8. The highest BCUT2D eigenvalue weighted by atomic mass is 32.1. The van der Waals surface area contributed by atoms with Crippen LogP contribution in [0.2, 0.25) is 0 Å². The van der Waals surface area contributed by atoms with Crippen molar-refractivity contribution in [1.82, 2.24) is 9.97 Å². The SMILES string of the molecule is Cc1cc2c(N3CCCC4CCCCC43)ncnc2s1. The summed E-state index contributed by atoms with van der Waals surface area (Å²) in [5.74, 6) is 2.08. The van der Waals surface area contributed by atoms with Crippen LogP contribution >= 0.6 is 11.3 Å². The van der Waals surface area contributed by atoms with Gasteiger partial charge in [-0.15, -0.1) is 11.3 Å². The number of rotatable bonds is 1. The molecule has 0 aromatic carbocycles. The Bertz CT molecular complexity index is 619. The highest BCUT2D eigenvalue weighted by molar-refractivity contribution is 7.18. The Morgan fingerprint density at radius 1 is 1.15 bits per heavy atom. The third-order valence-electron chi connectivity index (χ3n) is 4.95. The number of piperidine rings is 1. The third kappa shape index (κ3) is 2.01. The predicted molar refractivity (Wildman–Crippen MR) is 84.5 cm³/mol. The molecule has 106 valence electrons. The zero-order chi connectivity index (χ0) is 13.5. The average molecular weight is 287 g/mol. The molecule has 4 rings (SSSR count). The topological polar surface area (TPSA) is 29.0 Å². The summed E-state index contributed by atoms with van der Waals surface area (Å²) in [7, 11) is 0. The summed E-state index contributed by atoms with van der Waals surface area (Å²) in [4.78, 5) is 14.2. The maximum absolute atomic E-state index is 4.66. The Hall–Kier alpha value is -1.16. The average Bonchev–Trinajstić information content (AvgIpc) is 2.87. The molecule has 2 fully saturated rings. The second-order valence-electron chi connectivity index (χ2n) is 6.22. The van der Waals surface area contributed by atoms with Crippen LogP contribution in [0.5, 0.6) is 0 Å². The van der Waals surface area contributed by atoms with Crippen LogP contribution in [-0.2, 0) is 0 Å². The minimum atomic E-state index is 0.718. The molecule has 2 aromatic rings. The van der Waals surface area contributed by atoms with Gasteiger partial charge < -0.3 is 4.90 Å². The Balaban J connectivity index is 1.77. The van der Waals surface area contributed by atoms with E-state index >= 15 is 0 Å². The third-order valence-corrected chi connectivity index (χ3v) is 5.91. The molecule has 3 nitrogen and oxygen atoms in total. The molecule has 2 atom stereocenters. The fourth-order valence-electron chi connectivity index (χ4n) is 4.08. The van der Waals surface area contributed by atoms with E-state index in [1.165, 1.54) is 61.2 Å². The lowest BCUT2D eigenvalue weighted by molar-refractivity contribution is 0.243. The Morgan fingerprint density at radius 2 is 2.00 bits per heavy atom. The number of thiophene rings is 1. The summed E-state index contributed by atoms with van der Waals surface area (Å²) in [6.45, 7) is 3.33. The predicted octanol–water partition coefficient (Wildman–Crippen LogP) is 4.16. The minimum absolute atomic E-state index is 0.718. The first-order chi connectivity index (χ1) is 9.83. The molecule has 2 unspecified atom stereocenters. The highest BCUT2D eigenvalue weighted by Gasteiger charge is 2.34. The first kappa shape index (κ1) is 12.6. The van der Waals surface area contributed by atoms with E-state index in [0.29, 0.717) is 0 Å². The number of aryl methyl sites for hydroxylation is 1. The molecule has 3 heterocycles. The van der Waals surface area contributed by atoms with Crippen LogP contribution in [0, 0.1) is 12.8 Å². The van der Waals surface area contributed by atoms with Crippen LogP contribution in [0.3, 0.4) is 0 Å². The molecule has 2 aliphatic rings. The Morgan fingerprint density at radius 3 is 2.95 bits per heavy atom. The maximum atomic E-state index is 4.66. The van der Waals surface area contributed by atoms with Crippen molar-refractivity contribution in [1.29, 1.82) is 0 Å². The Labute approximate surface area is 124 Å². The smallest absolute Gasteiger partial charge is 0.141 e. The number of fused-ring (bicyclic) bond motifs is 2. The van der Waals surface area contributed by atoms with Crippen molar-refractivity contribution in [2.45, 2.75) is 51.5 Å². The maximum Gasteiger partial charge on any atom is 0.141 e. The summed E-state index contributed by atoms with van der Waals surface area (Å²) in [6, 6.07) is 2.98. The normalized spacial score (nSPS) is 26.8. The molecular weight excluding hydrogens is 266 g/mol. The van der Waals surface area contributed by atoms with Gasteiger partial charge in [-0.2, -0.15) is 0 Å². The molecule has 2 aromatic heterocycles. The lowest BCUT2D eigenvalue weighted by Gasteiger charge is -2.44. The van der Waals surface area contributed by atoms with Gasteiger partial charge in [-0.3, -0.25) is 0 Å². The van der Waals surface area contributed by atoms with Crippen LogP contribution in [-0.4, -0.2) is 22.6 Å². The van der Waals surface area contributed by atoms with Crippen LogP contribution in [0.4, 0.5) is 5.82 Å². The Kier molecular flexibility index (Phi) is 3.14. The van der Waals surface area contributed by atoms with Crippen molar-refractivity contribution in [2.75, 3.05) is 11.4 Å². The molecule has 4 heteroatoms. The van der Waals surface area contributed by atoms with E-state index < -0.39 is 0 Å². The van der Waals surface area contributed by atoms with Gasteiger partial charge in [0.25, 0.3) is 0 Å². The molecule has 0 spiro atoms. The van der Waals surface area contributed by atoms with Crippen molar-refractivity contribution in [3.05, 3.63) is 17.3 Å². The van der Waals surface area contributed by atoms with E-state index in [-0.39, 0.29) is 0 Å². The van der Waals surface area contributed by atoms with Crippen molar-refractivity contribution < 1.29 is 0 Å². The molecule has 0 N–H and O–H groups in total. The quantitative estimate of drug-likeness (QED) is 0.788. The summed E-state index contributed by atoms with van der Waals surface area (Å²) in [5.41, 5.74) is 0. The summed E-state index contributed by atoms with van der Waals surface area (Å²) < 4.78 is 0. The number of hydrogen-bond acceptors (Lipinski definition) is 4. The van der Waals surface area contributed by atoms with Gasteiger partial charge in [0.15, 0.2) is 0 Å². The van der Waals surface area contributed by atoms with E-state index in [9.17, 15) is 0 Å². The largest absolute Gasteiger partial charge is 0.353 e. The number of hydrogen-bond donors (Lipinski definition) is 0. The van der Waals surface area contributed by atoms with Crippen LogP contribution in [0.15, 0.2) is 12.4 Å². The number of anilines is 1. The molecule has 0 radical (unpaired) electrons. The molecule has 1 saturated heterocycles. The highest BCUT2D eigenvalue weighted by Crippen LogP contribution is 2.39. The second-order valence-corrected chi connectivity index (χ2v) is 7.46. The van der Waals surface area contributed by atoms with E-state index in [1.807, 2.05) is 0 Å². The van der Waals surface area contributed by atoms with Gasteiger partial charge in [0, 0.05) is 17.5 Å². The van der Waals surface area contributed by atoms with E-state index in [2.05, 4.69) is 27.9 Å². The van der Waals surface area contributed by atoms with Crippen molar-refractivity contribution >= 4 is 27.4 Å². The monoisotopic (exact) mass is 287 g/mol.